The molecule has 0 amide bonds. The van der Waals surface area contributed by atoms with E-state index in [1.54, 1.807) is 21.0 Å². The minimum Gasteiger partial charge on any atom is -0.497 e. The molecule has 184 valence electrons. The maximum Gasteiger partial charge on any atom is 0.159 e. The lowest BCUT2D eigenvalue weighted by Crippen LogP contribution is -2.08. The smallest absolute Gasteiger partial charge is 0.159 e. The summed E-state index contributed by atoms with van der Waals surface area (Å²) in [5.74, 6) is 1.84. The lowest BCUT2D eigenvalue weighted by Gasteiger charge is -2.25. The number of carbonyl (C=O) groups is 2. The van der Waals surface area contributed by atoms with Crippen LogP contribution in [0.3, 0.4) is 0 Å². The Morgan fingerprint density at radius 1 is 0.765 bits per heavy atom. The number of methoxy groups -OCH3 is 1. The highest BCUT2D eigenvalue weighted by Gasteiger charge is 2.19. The zero-order chi connectivity index (χ0) is 25.5. The van der Waals surface area contributed by atoms with Crippen molar-refractivity contribution in [3.8, 4) is 5.75 Å². The Kier molecular flexibility index (Phi) is 13.5. The topological polar surface area (TPSA) is 43.4 Å². The molecule has 34 heavy (non-hydrogen) atoms. The Hall–Kier alpha value is -2.94. The Bertz CT molecular complexity index is 1010. The van der Waals surface area contributed by atoms with Crippen molar-refractivity contribution in [3.63, 3.8) is 0 Å². The van der Waals surface area contributed by atoms with Crippen LogP contribution >= 0.6 is 0 Å². The first-order valence-corrected chi connectivity index (χ1v) is 12.6. The van der Waals surface area contributed by atoms with E-state index in [0.29, 0.717) is 0 Å². The quantitative estimate of drug-likeness (QED) is 0.355. The molecule has 0 N–H and O–H groups in total. The van der Waals surface area contributed by atoms with Gasteiger partial charge in [0.05, 0.1) is 7.11 Å². The molecule has 1 aliphatic rings. The van der Waals surface area contributed by atoms with Gasteiger partial charge >= 0.3 is 0 Å². The summed E-state index contributed by atoms with van der Waals surface area (Å²) in [5.41, 5.74) is 2.96. The largest absolute Gasteiger partial charge is 0.497 e. The predicted molar refractivity (Wildman–Crippen MR) is 145 cm³/mol. The van der Waals surface area contributed by atoms with Crippen LogP contribution in [0.25, 0.3) is 10.8 Å². The second-order valence-electron chi connectivity index (χ2n) is 8.29. The molecule has 0 bridgehead atoms. The van der Waals surface area contributed by atoms with Gasteiger partial charge in [-0.25, -0.2) is 0 Å². The summed E-state index contributed by atoms with van der Waals surface area (Å²) in [6.07, 6.45) is 6.64. The second kappa shape index (κ2) is 15.8. The van der Waals surface area contributed by atoms with Gasteiger partial charge in [0, 0.05) is 11.1 Å². The molecule has 3 aromatic rings. The average Bonchev–Trinajstić information content (AvgIpc) is 2.84. The van der Waals surface area contributed by atoms with Gasteiger partial charge < -0.3 is 4.74 Å². The molecule has 0 aromatic heterocycles. The van der Waals surface area contributed by atoms with E-state index in [2.05, 4.69) is 26.0 Å². The fraction of sp³-hybridized carbons (Fsp3) is 0.419. The molecule has 0 saturated heterocycles. The zero-order valence-electron chi connectivity index (χ0n) is 22.1. The molecule has 0 aliphatic heterocycles. The molecule has 3 nitrogen and oxygen atoms in total. The molecule has 4 rings (SSSR count). The number of carbonyl (C=O) groups excluding carboxylic acids is 2. The third-order valence-corrected chi connectivity index (χ3v) is 5.85. The molecule has 0 radical (unpaired) electrons. The Balaban J connectivity index is 0.000000279. The van der Waals surface area contributed by atoms with Crippen LogP contribution in [0.4, 0.5) is 0 Å². The van der Waals surface area contributed by atoms with Crippen molar-refractivity contribution in [2.24, 2.45) is 0 Å². The molecule has 0 unspecified atom stereocenters. The summed E-state index contributed by atoms with van der Waals surface area (Å²) in [6.45, 7) is 11.5. The normalized spacial score (nSPS) is 12.0. The molecule has 0 atom stereocenters. The van der Waals surface area contributed by atoms with Crippen molar-refractivity contribution < 1.29 is 14.3 Å². The maximum absolute atomic E-state index is 11.2. The van der Waals surface area contributed by atoms with Crippen LogP contribution in [0.5, 0.6) is 5.75 Å². The van der Waals surface area contributed by atoms with Gasteiger partial charge in [0.15, 0.2) is 11.6 Å². The van der Waals surface area contributed by atoms with Gasteiger partial charge in [-0.3, -0.25) is 9.59 Å². The first kappa shape index (κ1) is 29.1. The first-order valence-electron chi connectivity index (χ1n) is 12.6. The molecule has 1 fully saturated rings. The molecule has 1 saturated carbocycles. The number of unbranched alkanes of at least 4 members (excludes halogenated alkanes) is 1. The van der Waals surface area contributed by atoms with Gasteiger partial charge in [0.1, 0.15) is 5.75 Å². The van der Waals surface area contributed by atoms with E-state index in [4.69, 9.17) is 4.74 Å². The van der Waals surface area contributed by atoms with Gasteiger partial charge in [0.25, 0.3) is 0 Å². The van der Waals surface area contributed by atoms with Crippen LogP contribution in [0.2, 0.25) is 0 Å². The van der Waals surface area contributed by atoms with Crippen molar-refractivity contribution in [3.05, 3.63) is 77.4 Å². The number of benzene rings is 3. The number of hydrogen-bond donors (Lipinski definition) is 0. The fourth-order valence-corrected chi connectivity index (χ4v) is 3.30. The minimum atomic E-state index is 0.0905. The SMILES string of the molecule is CC.CC(=O)c1ccc(C2CCC2)cc1.CCCC.COc1ccc2cc(C(C)=O)ccc2c1. The minimum absolute atomic E-state index is 0.0905. The molecular formula is C31H42O3. The van der Waals surface area contributed by atoms with Crippen LogP contribution in [0, 0.1) is 0 Å². The Morgan fingerprint density at radius 2 is 1.26 bits per heavy atom. The van der Waals surface area contributed by atoms with Gasteiger partial charge in [0.2, 0.25) is 0 Å². The monoisotopic (exact) mass is 462 g/mol. The van der Waals surface area contributed by atoms with E-state index >= 15 is 0 Å². The molecular weight excluding hydrogens is 420 g/mol. The summed E-state index contributed by atoms with van der Waals surface area (Å²) < 4.78 is 5.13. The fourth-order valence-electron chi connectivity index (χ4n) is 3.30. The molecule has 1 aliphatic carbocycles. The summed E-state index contributed by atoms with van der Waals surface area (Å²) in [6, 6.07) is 19.6. The van der Waals surface area contributed by atoms with Gasteiger partial charge in [-0.1, -0.05) is 89.4 Å². The highest BCUT2D eigenvalue weighted by atomic mass is 16.5. The standard InChI is InChI=1S/C13H12O2.C12H14O.C4H10.C2H6/c1-9(14)10-3-4-12-8-13(15-2)6-5-11(12)7-10;1-9(13)10-5-7-12(8-6-10)11-3-2-4-11;1-3-4-2;1-2/h3-8H,1-2H3;5-8,11H,2-4H2,1H3;3-4H2,1-2H3;1-2H3. The average molecular weight is 463 g/mol. The molecule has 0 spiro atoms. The van der Waals surface area contributed by atoms with E-state index < -0.39 is 0 Å². The number of Topliss-reactive ketones (excluding diaryl/α,β-unsaturated/α-hetero) is 2. The van der Waals surface area contributed by atoms with E-state index in [9.17, 15) is 9.59 Å². The molecule has 3 heteroatoms. The van der Waals surface area contributed by atoms with Crippen molar-refractivity contribution in [1.29, 1.82) is 0 Å². The molecule has 3 aromatic carbocycles. The summed E-state index contributed by atoms with van der Waals surface area (Å²) in [7, 11) is 1.64. The van der Waals surface area contributed by atoms with E-state index in [-0.39, 0.29) is 11.6 Å². The Labute approximate surface area is 206 Å². The predicted octanol–water partition coefficient (Wildman–Crippen LogP) is 9.04. The van der Waals surface area contributed by atoms with Crippen molar-refractivity contribution >= 4 is 22.3 Å². The third-order valence-electron chi connectivity index (χ3n) is 5.85. The van der Waals surface area contributed by atoms with Crippen LogP contribution in [0.15, 0.2) is 60.7 Å². The number of hydrogen-bond acceptors (Lipinski definition) is 3. The van der Waals surface area contributed by atoms with Gasteiger partial charge in [-0.05, 0) is 67.1 Å². The van der Waals surface area contributed by atoms with E-state index in [0.717, 1.165) is 33.6 Å². The van der Waals surface area contributed by atoms with Crippen LogP contribution < -0.4 is 4.74 Å². The second-order valence-corrected chi connectivity index (χ2v) is 8.29. The van der Waals surface area contributed by atoms with Gasteiger partial charge in [-0.15, -0.1) is 0 Å². The lowest BCUT2D eigenvalue weighted by atomic mass is 9.80. The van der Waals surface area contributed by atoms with Crippen molar-refractivity contribution in [1.82, 2.24) is 0 Å². The van der Waals surface area contributed by atoms with Crippen LogP contribution in [-0.4, -0.2) is 18.7 Å². The molecule has 0 heterocycles. The third kappa shape index (κ3) is 9.13. The number of fused-ring (bicyclic) bond motifs is 1. The van der Waals surface area contributed by atoms with E-state index in [1.807, 2.05) is 62.4 Å². The van der Waals surface area contributed by atoms with Crippen molar-refractivity contribution in [2.75, 3.05) is 7.11 Å². The summed E-state index contributed by atoms with van der Waals surface area (Å²) in [4.78, 5) is 22.2. The zero-order valence-corrected chi connectivity index (χ0v) is 22.1. The van der Waals surface area contributed by atoms with E-state index in [1.165, 1.54) is 37.7 Å². The first-order chi connectivity index (χ1) is 16.4. The summed E-state index contributed by atoms with van der Waals surface area (Å²) in [5, 5.41) is 2.14. The number of ether oxygens (including phenoxy) is 1. The van der Waals surface area contributed by atoms with Gasteiger partial charge in [-0.2, -0.15) is 0 Å². The van der Waals surface area contributed by atoms with Crippen molar-refractivity contribution in [2.45, 2.75) is 79.6 Å². The number of ketones is 2. The lowest BCUT2D eigenvalue weighted by molar-refractivity contribution is 0.100. The maximum atomic E-state index is 11.2. The van der Waals surface area contributed by atoms with Crippen LogP contribution in [-0.2, 0) is 0 Å². The summed E-state index contributed by atoms with van der Waals surface area (Å²) >= 11 is 0. The van der Waals surface area contributed by atoms with Crippen LogP contribution in [0.1, 0.15) is 106 Å². The highest BCUT2D eigenvalue weighted by Crippen LogP contribution is 2.36. The highest BCUT2D eigenvalue weighted by molar-refractivity contribution is 5.98. The Morgan fingerprint density at radius 3 is 1.71 bits per heavy atom. The number of rotatable bonds is 5.